The van der Waals surface area contributed by atoms with Crippen molar-refractivity contribution in [2.24, 2.45) is 16.3 Å². The first-order valence-electron chi connectivity index (χ1n) is 12.1. The van der Waals surface area contributed by atoms with Crippen LogP contribution in [0.2, 0.25) is 0 Å². The van der Waals surface area contributed by atoms with Gasteiger partial charge in [-0.25, -0.2) is 4.99 Å². The molecule has 0 N–H and O–H groups in total. The standard InChI is InChI=1S/C30H24Cl3N3OS/c1-29(2)17-20(13-14-30(31,32)33)15-22-23(18-34)28(38-25(22)29)36-26(21-11-7-4-8-12-21)35-24(27(36)37)16-19-9-5-3-6-10-19/h3-16,22,25H,17H2,1-2H3. The summed E-state index contributed by atoms with van der Waals surface area (Å²) in [4.78, 5) is 20.3. The summed E-state index contributed by atoms with van der Waals surface area (Å²) in [5, 5.41) is 11.1. The van der Waals surface area contributed by atoms with Crippen LogP contribution >= 0.6 is 46.6 Å². The van der Waals surface area contributed by atoms with Gasteiger partial charge >= 0.3 is 0 Å². The summed E-state index contributed by atoms with van der Waals surface area (Å²) >= 11 is 19.4. The summed E-state index contributed by atoms with van der Waals surface area (Å²) in [6, 6.07) is 21.6. The molecule has 0 saturated heterocycles. The maximum absolute atomic E-state index is 13.9. The van der Waals surface area contributed by atoms with E-state index in [1.807, 2.05) is 66.7 Å². The molecule has 0 aromatic heterocycles. The molecular weight excluding hydrogens is 557 g/mol. The Morgan fingerprint density at radius 3 is 2.39 bits per heavy atom. The number of hydrogen-bond acceptors (Lipinski definition) is 4. The number of carbonyl (C=O) groups is 1. The number of halogens is 3. The second-order valence-electron chi connectivity index (χ2n) is 10.1. The molecule has 1 amide bonds. The smallest absolute Gasteiger partial charge is 0.266 e. The molecule has 3 aliphatic rings. The Morgan fingerprint density at radius 1 is 1.11 bits per heavy atom. The number of rotatable bonds is 4. The van der Waals surface area contributed by atoms with Crippen molar-refractivity contribution in [1.29, 1.82) is 5.26 Å². The Morgan fingerprint density at radius 2 is 1.76 bits per heavy atom. The van der Waals surface area contributed by atoms with E-state index in [9.17, 15) is 10.1 Å². The lowest BCUT2D eigenvalue weighted by Gasteiger charge is -2.39. The summed E-state index contributed by atoms with van der Waals surface area (Å²) in [6.07, 6.45) is 7.96. The highest BCUT2D eigenvalue weighted by molar-refractivity contribution is 8.04. The van der Waals surface area contributed by atoms with Gasteiger partial charge in [0.05, 0.1) is 16.7 Å². The lowest BCUT2D eigenvalue weighted by Crippen LogP contribution is -2.35. The van der Waals surface area contributed by atoms with E-state index in [0.29, 0.717) is 22.1 Å². The van der Waals surface area contributed by atoms with E-state index < -0.39 is 3.79 Å². The van der Waals surface area contributed by atoms with Gasteiger partial charge in [0, 0.05) is 16.7 Å². The number of thioether (sulfide) groups is 1. The van der Waals surface area contributed by atoms with Crippen LogP contribution in [0.1, 0.15) is 31.4 Å². The molecule has 0 spiro atoms. The zero-order chi connectivity index (χ0) is 27.1. The largest absolute Gasteiger partial charge is 0.283 e. The molecule has 2 heterocycles. The molecule has 4 nitrogen and oxygen atoms in total. The van der Waals surface area contributed by atoms with Gasteiger partial charge in [-0.1, -0.05) is 127 Å². The van der Waals surface area contributed by atoms with Crippen LogP contribution in [0.15, 0.2) is 106 Å². The highest BCUT2D eigenvalue weighted by atomic mass is 35.6. The third-order valence-electron chi connectivity index (χ3n) is 6.76. The predicted molar refractivity (Wildman–Crippen MR) is 158 cm³/mol. The Bertz CT molecular complexity index is 1460. The number of nitriles is 1. The molecule has 2 unspecified atom stereocenters. The monoisotopic (exact) mass is 579 g/mol. The van der Waals surface area contributed by atoms with Gasteiger partial charge in [-0.15, -0.1) is 11.8 Å². The van der Waals surface area contributed by atoms with Crippen LogP contribution in [-0.2, 0) is 4.79 Å². The Kier molecular flexibility index (Phi) is 7.37. The van der Waals surface area contributed by atoms with E-state index in [-0.39, 0.29) is 22.5 Å². The summed E-state index contributed by atoms with van der Waals surface area (Å²) in [5.74, 6) is 0.0789. The number of amidine groups is 1. The average Bonchev–Trinajstić information content (AvgIpc) is 3.41. The van der Waals surface area contributed by atoms with Crippen molar-refractivity contribution in [3.8, 4) is 6.07 Å². The quantitative estimate of drug-likeness (QED) is 0.271. The number of aliphatic imine (C=N–C) groups is 1. The minimum atomic E-state index is -1.50. The molecular formula is C30H24Cl3N3OS. The van der Waals surface area contributed by atoms with Crippen molar-refractivity contribution in [2.75, 3.05) is 0 Å². The first-order valence-corrected chi connectivity index (χ1v) is 14.1. The van der Waals surface area contributed by atoms with Crippen LogP contribution in [-0.4, -0.2) is 25.7 Å². The Hall–Kier alpha value is -2.75. The van der Waals surface area contributed by atoms with Gasteiger partial charge in [0.15, 0.2) is 0 Å². The van der Waals surface area contributed by atoms with E-state index in [1.54, 1.807) is 22.7 Å². The number of fused-ring (bicyclic) bond motifs is 1. The lowest BCUT2D eigenvalue weighted by atomic mass is 9.70. The number of alkyl halides is 3. The first kappa shape index (κ1) is 26.8. The predicted octanol–water partition coefficient (Wildman–Crippen LogP) is 8.07. The maximum atomic E-state index is 13.9. The van der Waals surface area contributed by atoms with Crippen molar-refractivity contribution in [2.45, 2.75) is 29.3 Å². The summed E-state index contributed by atoms with van der Waals surface area (Å²) < 4.78 is -1.50. The molecule has 5 rings (SSSR count). The van der Waals surface area contributed by atoms with Crippen LogP contribution in [0.3, 0.4) is 0 Å². The lowest BCUT2D eigenvalue weighted by molar-refractivity contribution is -0.121. The number of allylic oxidation sites excluding steroid dienone is 5. The zero-order valence-corrected chi connectivity index (χ0v) is 23.8. The van der Waals surface area contributed by atoms with E-state index >= 15 is 0 Å². The van der Waals surface area contributed by atoms with Crippen LogP contribution in [0.5, 0.6) is 0 Å². The van der Waals surface area contributed by atoms with E-state index in [1.165, 1.54) is 6.08 Å². The number of carbonyl (C=O) groups excluding carboxylic acids is 1. The highest BCUT2D eigenvalue weighted by Crippen LogP contribution is 2.56. The fourth-order valence-corrected chi connectivity index (χ4v) is 6.86. The van der Waals surface area contributed by atoms with Crippen LogP contribution in [0, 0.1) is 22.7 Å². The zero-order valence-electron chi connectivity index (χ0n) is 20.7. The summed E-state index contributed by atoms with van der Waals surface area (Å²) in [6.45, 7) is 4.34. The van der Waals surface area contributed by atoms with Crippen molar-refractivity contribution in [1.82, 2.24) is 4.90 Å². The number of hydrogen-bond donors (Lipinski definition) is 0. The molecule has 38 heavy (non-hydrogen) atoms. The molecule has 1 aliphatic carbocycles. The van der Waals surface area contributed by atoms with Crippen molar-refractivity contribution < 1.29 is 4.79 Å². The average molecular weight is 581 g/mol. The van der Waals surface area contributed by atoms with E-state index in [2.05, 4.69) is 26.0 Å². The van der Waals surface area contributed by atoms with Crippen molar-refractivity contribution >= 4 is 64.4 Å². The number of amides is 1. The fourth-order valence-electron chi connectivity index (χ4n) is 5.09. The molecule has 2 aromatic rings. The topological polar surface area (TPSA) is 56.5 Å². The van der Waals surface area contributed by atoms with Gasteiger partial charge in [-0.2, -0.15) is 5.26 Å². The minimum absolute atomic E-state index is 0.0593. The Labute approximate surface area is 242 Å². The number of nitrogens with zero attached hydrogens (tertiary/aromatic N) is 3. The number of benzene rings is 2. The Balaban J connectivity index is 1.61. The van der Waals surface area contributed by atoms with Gasteiger partial charge in [0.1, 0.15) is 11.5 Å². The second kappa shape index (κ2) is 10.4. The molecule has 2 aliphatic heterocycles. The van der Waals surface area contributed by atoms with Crippen LogP contribution < -0.4 is 0 Å². The van der Waals surface area contributed by atoms with Gasteiger partial charge in [-0.05, 0) is 29.6 Å². The third kappa shape index (κ3) is 5.37. The normalized spacial score (nSPS) is 24.1. The molecule has 2 aromatic carbocycles. The van der Waals surface area contributed by atoms with Gasteiger partial charge < -0.3 is 0 Å². The van der Waals surface area contributed by atoms with Gasteiger partial charge in [-0.3, -0.25) is 9.69 Å². The second-order valence-corrected chi connectivity index (χ2v) is 13.6. The molecule has 0 radical (unpaired) electrons. The van der Waals surface area contributed by atoms with Crippen LogP contribution in [0.4, 0.5) is 0 Å². The third-order valence-corrected chi connectivity index (χ3v) is 8.95. The molecule has 0 saturated carbocycles. The minimum Gasteiger partial charge on any atom is -0.266 e. The molecule has 2 atom stereocenters. The SMILES string of the molecule is CC1(C)CC(C=CC(Cl)(Cl)Cl)=CC2C(C#N)=C(N3C(=O)C(=Cc4ccccc4)N=C3c3ccccc3)SC21. The summed E-state index contributed by atoms with van der Waals surface area (Å²) in [7, 11) is 0. The van der Waals surface area contributed by atoms with Gasteiger partial charge in [0.25, 0.3) is 5.91 Å². The molecule has 0 bridgehead atoms. The highest BCUT2D eigenvalue weighted by Gasteiger charge is 2.50. The molecule has 192 valence electrons. The van der Waals surface area contributed by atoms with E-state index in [0.717, 1.165) is 23.1 Å². The molecule has 8 heteroatoms. The molecule has 0 fully saturated rings. The fraction of sp³-hybridized carbons (Fsp3) is 0.233. The van der Waals surface area contributed by atoms with Gasteiger partial charge in [0.2, 0.25) is 3.79 Å². The van der Waals surface area contributed by atoms with Crippen LogP contribution in [0.25, 0.3) is 6.08 Å². The van der Waals surface area contributed by atoms with E-state index in [4.69, 9.17) is 39.8 Å². The maximum Gasteiger partial charge on any atom is 0.283 e. The van der Waals surface area contributed by atoms with Crippen molar-refractivity contribution in [3.05, 3.63) is 112 Å². The first-order chi connectivity index (χ1) is 18.1. The van der Waals surface area contributed by atoms with Crippen molar-refractivity contribution in [3.63, 3.8) is 0 Å². The summed E-state index contributed by atoms with van der Waals surface area (Å²) in [5.41, 5.74) is 3.37.